The van der Waals surface area contributed by atoms with Crippen LogP contribution in [0.5, 0.6) is 0 Å². The molecule has 62 valence electrons. The van der Waals surface area contributed by atoms with Crippen molar-refractivity contribution < 1.29 is 0 Å². The minimum Gasteiger partial charge on any atom is -0.362 e. The van der Waals surface area contributed by atoms with Crippen molar-refractivity contribution in [2.24, 2.45) is 0 Å². The van der Waals surface area contributed by atoms with Gasteiger partial charge in [-0.2, -0.15) is 5.26 Å². The first-order valence-electron chi connectivity index (χ1n) is 3.41. The van der Waals surface area contributed by atoms with Gasteiger partial charge in [0.1, 0.15) is 11.9 Å². The quantitative estimate of drug-likeness (QED) is 0.661. The molecule has 0 aliphatic heterocycles. The van der Waals surface area contributed by atoms with Crippen LogP contribution in [0.25, 0.3) is 0 Å². The van der Waals surface area contributed by atoms with E-state index in [1.54, 1.807) is 17.2 Å². The van der Waals surface area contributed by atoms with Crippen LogP contribution >= 0.6 is 12.6 Å². The fourth-order valence-electron chi connectivity index (χ4n) is 0.885. The molecule has 12 heavy (non-hydrogen) atoms. The highest BCUT2D eigenvalue weighted by molar-refractivity contribution is 7.80. The van der Waals surface area contributed by atoms with E-state index < -0.39 is 0 Å². The van der Waals surface area contributed by atoms with Crippen LogP contribution in [0.2, 0.25) is 0 Å². The largest absolute Gasteiger partial charge is 0.362 e. The van der Waals surface area contributed by atoms with Gasteiger partial charge in [-0.1, -0.05) is 0 Å². The second-order valence-electron chi connectivity index (χ2n) is 2.57. The molecule has 0 unspecified atom stereocenters. The molecule has 0 N–H and O–H groups in total. The van der Waals surface area contributed by atoms with Crippen LogP contribution in [-0.4, -0.2) is 19.1 Å². The molecule has 0 bridgehead atoms. The molecule has 0 atom stereocenters. The Hall–Kier alpha value is -1.21. The van der Waals surface area contributed by atoms with E-state index in [4.69, 9.17) is 5.26 Å². The molecule has 0 aliphatic carbocycles. The molecular formula is C8H9N3S. The Morgan fingerprint density at radius 2 is 2.25 bits per heavy atom. The van der Waals surface area contributed by atoms with Gasteiger partial charge in [0, 0.05) is 25.2 Å². The highest BCUT2D eigenvalue weighted by atomic mass is 32.1. The summed E-state index contributed by atoms with van der Waals surface area (Å²) in [4.78, 5) is 6.58. The van der Waals surface area contributed by atoms with E-state index in [9.17, 15) is 0 Å². The fraction of sp³-hybridized carbons (Fsp3) is 0.250. The van der Waals surface area contributed by atoms with Crippen LogP contribution in [0.3, 0.4) is 0 Å². The van der Waals surface area contributed by atoms with Crippen LogP contribution in [0.1, 0.15) is 5.56 Å². The van der Waals surface area contributed by atoms with E-state index in [2.05, 4.69) is 23.7 Å². The molecule has 1 rings (SSSR count). The lowest BCUT2D eigenvalue weighted by Crippen LogP contribution is -2.12. The van der Waals surface area contributed by atoms with Gasteiger partial charge in [0.15, 0.2) is 0 Å². The maximum absolute atomic E-state index is 8.74. The Labute approximate surface area is 77.1 Å². The third-order valence-corrected chi connectivity index (χ3v) is 1.64. The molecular weight excluding hydrogens is 170 g/mol. The number of hydrogen-bond donors (Lipinski definition) is 1. The summed E-state index contributed by atoms with van der Waals surface area (Å²) >= 11 is 4.09. The van der Waals surface area contributed by atoms with Crippen molar-refractivity contribution >= 4 is 18.4 Å². The van der Waals surface area contributed by atoms with E-state index >= 15 is 0 Å². The number of hydrogen-bond acceptors (Lipinski definition) is 4. The maximum Gasteiger partial charge on any atom is 0.146 e. The minimum absolute atomic E-state index is 0.549. The van der Waals surface area contributed by atoms with Crippen LogP contribution in [0.15, 0.2) is 17.2 Å². The zero-order chi connectivity index (χ0) is 9.14. The molecule has 0 saturated carbocycles. The van der Waals surface area contributed by atoms with Crippen molar-refractivity contribution in [1.29, 1.82) is 5.26 Å². The topological polar surface area (TPSA) is 39.9 Å². The molecule has 1 heterocycles. The summed E-state index contributed by atoms with van der Waals surface area (Å²) in [5.74, 6) is 0.676. The summed E-state index contributed by atoms with van der Waals surface area (Å²) in [5.41, 5.74) is 0.549. The molecule has 1 aromatic rings. The van der Waals surface area contributed by atoms with E-state index in [0.717, 1.165) is 0 Å². The van der Waals surface area contributed by atoms with Gasteiger partial charge in [0.25, 0.3) is 0 Å². The van der Waals surface area contributed by atoms with Crippen molar-refractivity contribution in [3.63, 3.8) is 0 Å². The zero-order valence-corrected chi connectivity index (χ0v) is 7.84. The van der Waals surface area contributed by atoms with E-state index in [0.29, 0.717) is 16.3 Å². The van der Waals surface area contributed by atoms with Gasteiger partial charge in [-0.3, -0.25) is 0 Å². The Morgan fingerprint density at radius 1 is 1.58 bits per heavy atom. The van der Waals surface area contributed by atoms with Crippen LogP contribution in [-0.2, 0) is 0 Å². The van der Waals surface area contributed by atoms with Crippen molar-refractivity contribution in [1.82, 2.24) is 4.98 Å². The maximum atomic E-state index is 8.74. The number of thiol groups is 1. The number of nitrogens with zero attached hydrogens (tertiary/aromatic N) is 3. The van der Waals surface area contributed by atoms with Gasteiger partial charge >= 0.3 is 0 Å². The van der Waals surface area contributed by atoms with Crippen molar-refractivity contribution in [3.05, 3.63) is 17.8 Å². The zero-order valence-electron chi connectivity index (χ0n) is 6.94. The Balaban J connectivity index is 3.23. The monoisotopic (exact) mass is 179 g/mol. The van der Waals surface area contributed by atoms with E-state index in [1.165, 1.54) is 0 Å². The molecule has 0 fully saturated rings. The van der Waals surface area contributed by atoms with Gasteiger partial charge in [-0.25, -0.2) is 4.98 Å². The summed E-state index contributed by atoms with van der Waals surface area (Å²) in [6, 6.07) is 3.76. The smallest absolute Gasteiger partial charge is 0.146 e. The van der Waals surface area contributed by atoms with E-state index in [1.807, 2.05) is 14.1 Å². The predicted molar refractivity (Wildman–Crippen MR) is 50.5 cm³/mol. The van der Waals surface area contributed by atoms with Crippen molar-refractivity contribution in [2.75, 3.05) is 19.0 Å². The third kappa shape index (κ3) is 1.69. The number of pyridine rings is 1. The van der Waals surface area contributed by atoms with Gasteiger partial charge in [0.2, 0.25) is 0 Å². The predicted octanol–water partition coefficient (Wildman–Crippen LogP) is 1.31. The molecule has 4 heteroatoms. The first-order valence-corrected chi connectivity index (χ1v) is 3.86. The number of rotatable bonds is 1. The summed E-state index contributed by atoms with van der Waals surface area (Å²) in [7, 11) is 3.70. The van der Waals surface area contributed by atoms with Crippen molar-refractivity contribution in [3.8, 4) is 6.07 Å². The minimum atomic E-state index is 0.549. The summed E-state index contributed by atoms with van der Waals surface area (Å²) < 4.78 is 0. The lowest BCUT2D eigenvalue weighted by molar-refractivity contribution is 1.05. The third-order valence-electron chi connectivity index (χ3n) is 1.40. The second-order valence-corrected chi connectivity index (χ2v) is 3.09. The average Bonchev–Trinajstić information content (AvgIpc) is 2.03. The lowest BCUT2D eigenvalue weighted by Gasteiger charge is -2.12. The fourth-order valence-corrected chi connectivity index (χ4v) is 1.07. The molecule has 0 saturated heterocycles. The van der Waals surface area contributed by atoms with E-state index in [-0.39, 0.29) is 0 Å². The Morgan fingerprint density at radius 3 is 2.75 bits per heavy atom. The highest BCUT2D eigenvalue weighted by Gasteiger charge is 2.04. The molecule has 0 radical (unpaired) electrons. The molecule has 1 aromatic heterocycles. The second kappa shape index (κ2) is 3.46. The number of aromatic nitrogens is 1. The first-order chi connectivity index (χ1) is 5.65. The molecule has 0 aromatic carbocycles. The number of nitriles is 1. The molecule has 0 amide bonds. The normalized spacial score (nSPS) is 9.17. The van der Waals surface area contributed by atoms with Crippen LogP contribution in [0, 0.1) is 11.3 Å². The van der Waals surface area contributed by atoms with Crippen molar-refractivity contribution in [2.45, 2.75) is 4.90 Å². The highest BCUT2D eigenvalue weighted by Crippen LogP contribution is 2.16. The standard InChI is InChI=1S/C8H9N3S/c1-11(2)8-6(4-9)3-7(12)5-10-8/h3,5,12H,1-2H3. The Bertz CT molecular complexity index is 328. The lowest BCUT2D eigenvalue weighted by atomic mass is 10.3. The van der Waals surface area contributed by atoms with Crippen LogP contribution in [0.4, 0.5) is 5.82 Å². The molecule has 0 aliphatic rings. The SMILES string of the molecule is CN(C)c1ncc(S)cc1C#N. The van der Waals surface area contributed by atoms with Crippen LogP contribution < -0.4 is 4.90 Å². The summed E-state index contributed by atoms with van der Waals surface area (Å²) in [6.07, 6.45) is 1.62. The number of anilines is 1. The Kier molecular flexibility index (Phi) is 2.56. The average molecular weight is 179 g/mol. The first kappa shape index (κ1) is 8.88. The summed E-state index contributed by atoms with van der Waals surface area (Å²) in [5, 5.41) is 8.74. The molecule has 3 nitrogen and oxygen atoms in total. The van der Waals surface area contributed by atoms with Gasteiger partial charge < -0.3 is 4.90 Å². The van der Waals surface area contributed by atoms with Gasteiger partial charge in [-0.05, 0) is 6.07 Å². The van der Waals surface area contributed by atoms with Gasteiger partial charge in [-0.15, -0.1) is 12.6 Å². The summed E-state index contributed by atoms with van der Waals surface area (Å²) in [6.45, 7) is 0. The molecule has 0 spiro atoms. The van der Waals surface area contributed by atoms with Gasteiger partial charge in [0.05, 0.1) is 5.56 Å².